The molecule has 3 aromatic heterocycles. The first-order chi connectivity index (χ1) is 17.3. The Labute approximate surface area is 214 Å². The molecule has 4 aromatic rings. The second-order valence-electron chi connectivity index (χ2n) is 9.99. The first-order valence-corrected chi connectivity index (χ1v) is 13.3. The summed E-state index contributed by atoms with van der Waals surface area (Å²) in [4.78, 5) is 32.6. The van der Waals surface area contributed by atoms with E-state index < -0.39 is 5.97 Å². The molecule has 0 radical (unpaired) electrons. The van der Waals surface area contributed by atoms with Crippen molar-refractivity contribution in [1.82, 2.24) is 4.98 Å². The maximum atomic E-state index is 13.6. The number of carboxylic acid groups (broad SMARTS) is 1. The van der Waals surface area contributed by atoms with E-state index in [0.29, 0.717) is 11.6 Å². The van der Waals surface area contributed by atoms with E-state index in [1.165, 1.54) is 11.3 Å². The van der Waals surface area contributed by atoms with Gasteiger partial charge in [0.05, 0.1) is 5.69 Å². The predicted molar refractivity (Wildman–Crippen MR) is 143 cm³/mol. The number of amides is 1. The van der Waals surface area contributed by atoms with E-state index in [4.69, 9.17) is 4.42 Å². The lowest BCUT2D eigenvalue weighted by Crippen LogP contribution is -2.42. The summed E-state index contributed by atoms with van der Waals surface area (Å²) in [5.41, 5.74) is 3.10. The monoisotopic (exact) mass is 502 g/mol. The molecule has 0 unspecified atom stereocenters. The van der Waals surface area contributed by atoms with Gasteiger partial charge in [-0.1, -0.05) is 31.2 Å². The Kier molecular flexibility index (Phi) is 6.67. The Morgan fingerprint density at radius 1 is 1.06 bits per heavy atom. The number of anilines is 1. The number of rotatable bonds is 6. The van der Waals surface area contributed by atoms with Gasteiger partial charge in [0, 0.05) is 40.2 Å². The number of pyridine rings is 1. The third kappa shape index (κ3) is 4.67. The minimum absolute atomic E-state index is 0.0403. The van der Waals surface area contributed by atoms with Crippen LogP contribution in [0, 0.1) is 11.8 Å². The number of benzene rings is 1. The Morgan fingerprint density at radius 2 is 1.75 bits per heavy atom. The second kappa shape index (κ2) is 9.90. The summed E-state index contributed by atoms with van der Waals surface area (Å²) >= 11 is 1.21. The third-order valence-corrected chi connectivity index (χ3v) is 8.22. The zero-order valence-corrected chi connectivity index (χ0v) is 21.5. The lowest BCUT2D eigenvalue weighted by molar-refractivity contribution is -0.123. The Balaban J connectivity index is 1.46. The second-order valence-corrected chi connectivity index (χ2v) is 11.0. The highest BCUT2D eigenvalue weighted by Gasteiger charge is 2.33. The maximum absolute atomic E-state index is 13.6. The fraction of sp³-hybridized carbons (Fsp3) is 0.345. The molecule has 36 heavy (non-hydrogen) atoms. The van der Waals surface area contributed by atoms with E-state index in [-0.39, 0.29) is 22.7 Å². The molecule has 0 atom stereocenters. The van der Waals surface area contributed by atoms with Crippen LogP contribution >= 0.6 is 11.3 Å². The summed E-state index contributed by atoms with van der Waals surface area (Å²) in [5, 5.41) is 10.9. The van der Waals surface area contributed by atoms with Gasteiger partial charge in [0.2, 0.25) is 5.91 Å². The molecule has 0 saturated heterocycles. The van der Waals surface area contributed by atoms with Crippen LogP contribution in [0.4, 0.5) is 5.69 Å². The average Bonchev–Trinajstić information content (AvgIpc) is 3.49. The highest BCUT2D eigenvalue weighted by atomic mass is 32.1. The summed E-state index contributed by atoms with van der Waals surface area (Å²) in [7, 11) is 0. The molecular formula is C29H30N2O4S. The van der Waals surface area contributed by atoms with Gasteiger partial charge in [0.15, 0.2) is 0 Å². The van der Waals surface area contributed by atoms with Crippen LogP contribution in [0.3, 0.4) is 0 Å². The molecule has 1 amide bonds. The molecule has 5 rings (SSSR count). The Bertz CT molecular complexity index is 1360. The van der Waals surface area contributed by atoms with Gasteiger partial charge < -0.3 is 14.4 Å². The van der Waals surface area contributed by atoms with E-state index in [9.17, 15) is 14.7 Å². The van der Waals surface area contributed by atoms with Crippen molar-refractivity contribution in [2.75, 3.05) is 4.90 Å². The van der Waals surface area contributed by atoms with Crippen LogP contribution < -0.4 is 4.90 Å². The fourth-order valence-corrected chi connectivity index (χ4v) is 6.03. The number of aromatic carboxylic acids is 1. The van der Waals surface area contributed by atoms with E-state index >= 15 is 0 Å². The Hall–Kier alpha value is -3.45. The molecule has 1 fully saturated rings. The molecule has 0 aliphatic heterocycles. The predicted octanol–water partition coefficient (Wildman–Crippen LogP) is 7.49. The number of aromatic nitrogens is 1. The average molecular weight is 503 g/mol. The van der Waals surface area contributed by atoms with Gasteiger partial charge in [-0.15, -0.1) is 11.3 Å². The molecular weight excluding hydrogens is 472 g/mol. The van der Waals surface area contributed by atoms with E-state index in [2.05, 4.69) is 11.9 Å². The van der Waals surface area contributed by atoms with Crippen molar-refractivity contribution in [1.29, 1.82) is 0 Å². The summed E-state index contributed by atoms with van der Waals surface area (Å²) < 4.78 is 5.94. The van der Waals surface area contributed by atoms with Gasteiger partial charge >= 0.3 is 5.97 Å². The van der Waals surface area contributed by atoms with Crippen LogP contribution in [-0.4, -0.2) is 28.0 Å². The highest BCUT2D eigenvalue weighted by Crippen LogP contribution is 2.40. The van der Waals surface area contributed by atoms with Crippen LogP contribution in [0.15, 0.2) is 59.3 Å². The van der Waals surface area contributed by atoms with Crippen molar-refractivity contribution < 1.29 is 19.1 Å². The molecule has 6 nitrogen and oxygen atoms in total. The van der Waals surface area contributed by atoms with Gasteiger partial charge in [0.25, 0.3) is 0 Å². The number of carbonyl (C=O) groups is 2. The summed E-state index contributed by atoms with van der Waals surface area (Å²) in [6, 6.07) is 13.4. The number of hydrogen-bond acceptors (Lipinski definition) is 5. The van der Waals surface area contributed by atoms with E-state index in [1.807, 2.05) is 56.3 Å². The highest BCUT2D eigenvalue weighted by molar-refractivity contribution is 7.18. The summed E-state index contributed by atoms with van der Waals surface area (Å²) in [6.07, 6.45) is 7.28. The molecule has 1 N–H and O–H groups in total. The molecule has 0 spiro atoms. The number of carbonyl (C=O) groups excluding carboxylic acids is 1. The summed E-state index contributed by atoms with van der Waals surface area (Å²) in [6.45, 7) is 6.12. The number of fused-ring (bicyclic) bond motifs is 1. The molecule has 1 aromatic carbocycles. The zero-order valence-electron chi connectivity index (χ0n) is 20.7. The molecule has 1 aliphatic rings. The SMILES string of the molecule is CC(C)N(c1cc(-c2ccc(-c3cc4cnccc4o3)cc2)sc1C(=O)O)C(=O)[C@H]1CC[C@H](C)CC1. The molecule has 0 bridgehead atoms. The van der Waals surface area contributed by atoms with Gasteiger partial charge in [0.1, 0.15) is 16.2 Å². The van der Waals surface area contributed by atoms with Crippen molar-refractivity contribution >= 4 is 39.9 Å². The zero-order chi connectivity index (χ0) is 25.4. The van der Waals surface area contributed by atoms with Crippen LogP contribution in [0.1, 0.15) is 56.1 Å². The van der Waals surface area contributed by atoms with Crippen molar-refractivity contribution in [3.05, 3.63) is 59.7 Å². The number of hydrogen-bond donors (Lipinski definition) is 1. The van der Waals surface area contributed by atoms with Gasteiger partial charge in [-0.25, -0.2) is 4.79 Å². The van der Waals surface area contributed by atoms with Crippen LogP contribution in [0.2, 0.25) is 0 Å². The minimum Gasteiger partial charge on any atom is -0.477 e. The number of thiophene rings is 1. The van der Waals surface area contributed by atoms with E-state index in [1.54, 1.807) is 17.3 Å². The van der Waals surface area contributed by atoms with Crippen molar-refractivity contribution in [3.63, 3.8) is 0 Å². The van der Waals surface area contributed by atoms with Crippen molar-refractivity contribution in [2.24, 2.45) is 11.8 Å². The molecule has 3 heterocycles. The Morgan fingerprint density at radius 3 is 2.39 bits per heavy atom. The number of furan rings is 1. The first kappa shape index (κ1) is 24.3. The standard InChI is InChI=1S/C29H30N2O4S/c1-17(2)31(28(32)21-6-4-18(3)5-7-21)23-15-26(36-27(23)29(33)34)20-10-8-19(9-11-20)25-14-22-16-30-13-12-24(22)35-25/h8-18,21H,4-7H2,1-3H3,(H,33,34)/t18-,21-. The topological polar surface area (TPSA) is 83.6 Å². The number of carboxylic acids is 1. The van der Waals surface area contributed by atoms with Gasteiger partial charge in [-0.2, -0.15) is 0 Å². The quantitative estimate of drug-likeness (QED) is 0.295. The molecule has 1 aliphatic carbocycles. The van der Waals surface area contributed by atoms with Crippen LogP contribution in [-0.2, 0) is 4.79 Å². The molecule has 186 valence electrons. The molecule has 1 saturated carbocycles. The van der Waals surface area contributed by atoms with Crippen LogP contribution in [0.25, 0.3) is 32.7 Å². The smallest absolute Gasteiger partial charge is 0.348 e. The lowest BCUT2D eigenvalue weighted by atomic mass is 9.82. The maximum Gasteiger partial charge on any atom is 0.348 e. The normalized spacial score (nSPS) is 18.0. The molecule has 7 heteroatoms. The van der Waals surface area contributed by atoms with Gasteiger partial charge in [-0.05, 0) is 69.2 Å². The third-order valence-electron chi connectivity index (χ3n) is 7.06. The minimum atomic E-state index is -1.01. The van der Waals surface area contributed by atoms with Crippen molar-refractivity contribution in [3.8, 4) is 21.8 Å². The lowest BCUT2D eigenvalue weighted by Gasteiger charge is -2.33. The largest absolute Gasteiger partial charge is 0.477 e. The summed E-state index contributed by atoms with van der Waals surface area (Å²) in [5.74, 6) is 0.374. The van der Waals surface area contributed by atoms with Crippen LogP contribution in [0.5, 0.6) is 0 Å². The first-order valence-electron chi connectivity index (χ1n) is 12.5. The van der Waals surface area contributed by atoms with Crippen molar-refractivity contribution in [2.45, 2.75) is 52.5 Å². The van der Waals surface area contributed by atoms with Gasteiger partial charge in [-0.3, -0.25) is 9.78 Å². The van der Waals surface area contributed by atoms with E-state index in [0.717, 1.165) is 58.4 Å². The number of nitrogens with zero attached hydrogens (tertiary/aromatic N) is 2. The fourth-order valence-electron chi connectivity index (χ4n) is 5.04.